The summed E-state index contributed by atoms with van der Waals surface area (Å²) in [6.45, 7) is 3.30. The van der Waals surface area contributed by atoms with Gasteiger partial charge in [-0.25, -0.2) is 0 Å². The Morgan fingerprint density at radius 2 is 2.30 bits per heavy atom. The smallest absolute Gasteiger partial charge is 0.165 e. The first-order valence-corrected chi connectivity index (χ1v) is 3.73. The first-order chi connectivity index (χ1) is 4.74. The maximum Gasteiger partial charge on any atom is 0.165 e. The minimum atomic E-state index is 0.115. The highest BCUT2D eigenvalue weighted by Gasteiger charge is 2.21. The zero-order valence-electron chi connectivity index (χ0n) is 6.92. The van der Waals surface area contributed by atoms with Crippen molar-refractivity contribution in [2.24, 2.45) is 0 Å². The van der Waals surface area contributed by atoms with Crippen molar-refractivity contribution in [2.75, 3.05) is 20.7 Å². The van der Waals surface area contributed by atoms with Gasteiger partial charge in [0.05, 0.1) is 0 Å². The molecular formula is C7H16N2O. The van der Waals surface area contributed by atoms with Gasteiger partial charge in [-0.3, -0.25) is 10.2 Å². The van der Waals surface area contributed by atoms with E-state index < -0.39 is 0 Å². The van der Waals surface area contributed by atoms with Crippen LogP contribution in [0.15, 0.2) is 0 Å². The van der Waals surface area contributed by atoms with Gasteiger partial charge >= 0.3 is 0 Å². The highest BCUT2D eigenvalue weighted by molar-refractivity contribution is 4.71. The predicted octanol–water partition coefficient (Wildman–Crippen LogP) is 0.230. The summed E-state index contributed by atoms with van der Waals surface area (Å²) in [5.74, 6) is 0. The zero-order chi connectivity index (χ0) is 7.56. The average Bonchev–Trinajstić information content (AvgIpc) is 1.94. The molecule has 1 heterocycles. The molecule has 0 spiro atoms. The summed E-state index contributed by atoms with van der Waals surface area (Å²) in [6.07, 6.45) is 1.32. The van der Waals surface area contributed by atoms with Crippen LogP contribution in [0.25, 0.3) is 0 Å². The zero-order valence-corrected chi connectivity index (χ0v) is 6.92. The van der Waals surface area contributed by atoms with Crippen molar-refractivity contribution in [3.8, 4) is 0 Å². The van der Waals surface area contributed by atoms with E-state index in [4.69, 9.17) is 4.74 Å². The molecule has 0 saturated carbocycles. The molecule has 1 rings (SSSR count). The number of nitrogens with one attached hydrogen (secondary N) is 1. The molecule has 0 aromatic carbocycles. The van der Waals surface area contributed by atoms with Crippen LogP contribution in [0, 0.1) is 0 Å². The van der Waals surface area contributed by atoms with Crippen molar-refractivity contribution in [3.05, 3.63) is 0 Å². The maximum atomic E-state index is 5.19. The van der Waals surface area contributed by atoms with Gasteiger partial charge in [-0.15, -0.1) is 0 Å². The molecule has 10 heavy (non-hydrogen) atoms. The molecule has 0 aromatic heterocycles. The molecule has 0 aromatic rings. The van der Waals surface area contributed by atoms with Gasteiger partial charge in [0.1, 0.15) is 0 Å². The van der Waals surface area contributed by atoms with Crippen molar-refractivity contribution >= 4 is 0 Å². The molecule has 1 aliphatic heterocycles. The van der Waals surface area contributed by atoms with Gasteiger partial charge in [-0.1, -0.05) is 0 Å². The molecule has 0 amide bonds. The average molecular weight is 144 g/mol. The monoisotopic (exact) mass is 144 g/mol. The Kier molecular flexibility index (Phi) is 2.65. The SMILES string of the molecule is COC1NC(C)CCN1C. The number of hydrogen-bond donors (Lipinski definition) is 1. The molecule has 1 saturated heterocycles. The lowest BCUT2D eigenvalue weighted by Crippen LogP contribution is -2.54. The minimum absolute atomic E-state index is 0.115. The fourth-order valence-electron chi connectivity index (χ4n) is 1.22. The van der Waals surface area contributed by atoms with E-state index in [-0.39, 0.29) is 6.35 Å². The third-order valence-corrected chi connectivity index (χ3v) is 1.97. The molecule has 2 atom stereocenters. The number of nitrogens with zero attached hydrogens (tertiary/aromatic N) is 1. The summed E-state index contributed by atoms with van der Waals surface area (Å²) in [5.41, 5.74) is 0. The van der Waals surface area contributed by atoms with Crippen molar-refractivity contribution in [2.45, 2.75) is 25.7 Å². The van der Waals surface area contributed by atoms with Crippen LogP contribution < -0.4 is 5.32 Å². The summed E-state index contributed by atoms with van der Waals surface area (Å²) in [6, 6.07) is 0.584. The van der Waals surface area contributed by atoms with E-state index in [9.17, 15) is 0 Å². The molecule has 0 bridgehead atoms. The number of hydrogen-bond acceptors (Lipinski definition) is 3. The largest absolute Gasteiger partial charge is 0.353 e. The van der Waals surface area contributed by atoms with E-state index in [0.717, 1.165) is 6.54 Å². The van der Waals surface area contributed by atoms with Crippen LogP contribution in [0.5, 0.6) is 0 Å². The number of methoxy groups -OCH3 is 1. The van der Waals surface area contributed by atoms with E-state index in [2.05, 4.69) is 24.2 Å². The van der Waals surface area contributed by atoms with E-state index in [1.807, 2.05) is 0 Å². The van der Waals surface area contributed by atoms with Gasteiger partial charge in [-0.05, 0) is 20.4 Å². The van der Waals surface area contributed by atoms with Crippen LogP contribution in [0.1, 0.15) is 13.3 Å². The molecule has 2 unspecified atom stereocenters. The second-order valence-corrected chi connectivity index (χ2v) is 2.93. The third-order valence-electron chi connectivity index (χ3n) is 1.97. The van der Waals surface area contributed by atoms with Crippen LogP contribution in [-0.2, 0) is 4.74 Å². The first-order valence-electron chi connectivity index (χ1n) is 3.73. The fourth-order valence-corrected chi connectivity index (χ4v) is 1.22. The van der Waals surface area contributed by atoms with Gasteiger partial charge in [0, 0.05) is 19.7 Å². The van der Waals surface area contributed by atoms with Crippen molar-refractivity contribution in [1.82, 2.24) is 10.2 Å². The van der Waals surface area contributed by atoms with Crippen LogP contribution in [0.2, 0.25) is 0 Å². The van der Waals surface area contributed by atoms with Gasteiger partial charge in [0.15, 0.2) is 6.35 Å². The van der Waals surface area contributed by atoms with E-state index >= 15 is 0 Å². The Labute approximate surface area is 62.3 Å². The van der Waals surface area contributed by atoms with Crippen molar-refractivity contribution in [3.63, 3.8) is 0 Å². The first kappa shape index (κ1) is 7.98. The number of ether oxygens (including phenoxy) is 1. The van der Waals surface area contributed by atoms with Crippen LogP contribution >= 0.6 is 0 Å². The van der Waals surface area contributed by atoms with Crippen LogP contribution in [0.3, 0.4) is 0 Å². The Bertz CT molecular complexity index is 108. The lowest BCUT2D eigenvalue weighted by Gasteiger charge is -2.35. The summed E-state index contributed by atoms with van der Waals surface area (Å²) in [5, 5.41) is 3.32. The van der Waals surface area contributed by atoms with Gasteiger partial charge < -0.3 is 4.74 Å². The van der Waals surface area contributed by atoms with E-state index in [1.165, 1.54) is 6.42 Å². The topological polar surface area (TPSA) is 24.5 Å². The summed E-state index contributed by atoms with van der Waals surface area (Å²) in [4.78, 5) is 2.17. The Morgan fingerprint density at radius 3 is 2.80 bits per heavy atom. The second-order valence-electron chi connectivity index (χ2n) is 2.93. The van der Waals surface area contributed by atoms with Crippen LogP contribution in [0.4, 0.5) is 0 Å². The normalized spacial score (nSPS) is 36.3. The van der Waals surface area contributed by atoms with E-state index in [0.29, 0.717) is 6.04 Å². The molecule has 0 aliphatic carbocycles. The van der Waals surface area contributed by atoms with Crippen molar-refractivity contribution < 1.29 is 4.74 Å². The lowest BCUT2D eigenvalue weighted by molar-refractivity contribution is -0.0683. The Balaban J connectivity index is 2.38. The molecular weight excluding hydrogens is 128 g/mol. The molecule has 1 fully saturated rings. The number of rotatable bonds is 1. The van der Waals surface area contributed by atoms with Gasteiger partial charge in [-0.2, -0.15) is 0 Å². The summed E-state index contributed by atoms with van der Waals surface area (Å²) >= 11 is 0. The van der Waals surface area contributed by atoms with E-state index in [1.54, 1.807) is 7.11 Å². The highest BCUT2D eigenvalue weighted by atomic mass is 16.5. The fraction of sp³-hybridized carbons (Fsp3) is 1.00. The quantitative estimate of drug-likeness (QED) is 0.570. The van der Waals surface area contributed by atoms with Crippen LogP contribution in [-0.4, -0.2) is 38.0 Å². The third kappa shape index (κ3) is 1.68. The second kappa shape index (κ2) is 3.32. The van der Waals surface area contributed by atoms with Crippen molar-refractivity contribution in [1.29, 1.82) is 0 Å². The van der Waals surface area contributed by atoms with Gasteiger partial charge in [0.2, 0.25) is 0 Å². The summed E-state index contributed by atoms with van der Waals surface area (Å²) in [7, 11) is 3.79. The maximum absolute atomic E-state index is 5.19. The standard InChI is InChI=1S/C7H16N2O/c1-6-4-5-9(2)7(8-6)10-3/h6-8H,4-5H2,1-3H3. The predicted molar refractivity (Wildman–Crippen MR) is 40.6 cm³/mol. The highest BCUT2D eigenvalue weighted by Crippen LogP contribution is 2.06. The molecule has 0 radical (unpaired) electrons. The van der Waals surface area contributed by atoms with Gasteiger partial charge in [0.25, 0.3) is 0 Å². The molecule has 1 N–H and O–H groups in total. The Morgan fingerprint density at radius 1 is 1.60 bits per heavy atom. The molecule has 1 aliphatic rings. The molecule has 3 heteroatoms. The Hall–Kier alpha value is -0.120. The molecule has 60 valence electrons. The summed E-state index contributed by atoms with van der Waals surface area (Å²) < 4.78 is 5.19. The lowest BCUT2D eigenvalue weighted by atomic mass is 10.2. The minimum Gasteiger partial charge on any atom is -0.353 e. The molecule has 3 nitrogen and oxygen atoms in total.